The summed E-state index contributed by atoms with van der Waals surface area (Å²) in [7, 11) is 0. The summed E-state index contributed by atoms with van der Waals surface area (Å²) < 4.78 is 13.6. The van der Waals surface area contributed by atoms with E-state index in [4.69, 9.17) is 0 Å². The van der Waals surface area contributed by atoms with E-state index in [0.29, 0.717) is 26.2 Å². The highest BCUT2D eigenvalue weighted by atomic mass is 19.1. The molecule has 1 aliphatic heterocycles. The van der Waals surface area contributed by atoms with Gasteiger partial charge in [-0.1, -0.05) is 25.0 Å². The minimum absolute atomic E-state index is 0.175. The molecule has 1 heterocycles. The van der Waals surface area contributed by atoms with Crippen LogP contribution in [0.25, 0.3) is 0 Å². The van der Waals surface area contributed by atoms with Crippen molar-refractivity contribution >= 4 is 17.6 Å². The van der Waals surface area contributed by atoms with Gasteiger partial charge < -0.3 is 15.1 Å². The number of amides is 3. The maximum atomic E-state index is 13.6. The van der Waals surface area contributed by atoms with E-state index in [9.17, 15) is 14.0 Å². The molecule has 124 valence electrons. The highest BCUT2D eigenvalue weighted by Crippen LogP contribution is 2.27. The van der Waals surface area contributed by atoms with Crippen molar-refractivity contribution in [3.8, 4) is 0 Å². The van der Waals surface area contributed by atoms with Crippen molar-refractivity contribution in [2.75, 3.05) is 31.5 Å². The molecule has 5 nitrogen and oxygen atoms in total. The van der Waals surface area contributed by atoms with Crippen molar-refractivity contribution in [1.82, 2.24) is 9.80 Å². The number of hydrogen-bond donors (Lipinski definition) is 1. The Bertz CT molecular complexity index is 579. The largest absolute Gasteiger partial charge is 0.339 e. The first kappa shape index (κ1) is 15.8. The van der Waals surface area contributed by atoms with Gasteiger partial charge in [0.2, 0.25) is 5.91 Å². The van der Waals surface area contributed by atoms with E-state index >= 15 is 0 Å². The van der Waals surface area contributed by atoms with Crippen LogP contribution in [0.2, 0.25) is 0 Å². The number of anilines is 1. The van der Waals surface area contributed by atoms with Gasteiger partial charge in [-0.25, -0.2) is 9.18 Å². The molecule has 0 aromatic heterocycles. The highest BCUT2D eigenvalue weighted by molar-refractivity contribution is 5.89. The number of carbonyl (C=O) groups is 2. The monoisotopic (exact) mass is 319 g/mol. The van der Waals surface area contributed by atoms with Gasteiger partial charge in [0.15, 0.2) is 0 Å². The van der Waals surface area contributed by atoms with Gasteiger partial charge in [0.05, 0.1) is 5.69 Å². The van der Waals surface area contributed by atoms with Crippen LogP contribution in [0.3, 0.4) is 0 Å². The number of rotatable bonds is 2. The zero-order chi connectivity index (χ0) is 16.2. The Balaban J connectivity index is 1.51. The second-order valence-electron chi connectivity index (χ2n) is 6.20. The van der Waals surface area contributed by atoms with Crippen LogP contribution in [-0.4, -0.2) is 47.9 Å². The molecule has 23 heavy (non-hydrogen) atoms. The zero-order valence-corrected chi connectivity index (χ0v) is 13.1. The topological polar surface area (TPSA) is 52.7 Å². The Morgan fingerprint density at radius 2 is 1.61 bits per heavy atom. The molecule has 3 rings (SSSR count). The molecule has 1 aromatic carbocycles. The Kier molecular flexibility index (Phi) is 4.79. The van der Waals surface area contributed by atoms with Crippen LogP contribution in [0.15, 0.2) is 24.3 Å². The first-order valence-electron chi connectivity index (χ1n) is 8.24. The molecule has 0 radical (unpaired) electrons. The van der Waals surface area contributed by atoms with E-state index in [1.807, 2.05) is 4.90 Å². The van der Waals surface area contributed by atoms with Gasteiger partial charge in [-0.2, -0.15) is 0 Å². The highest BCUT2D eigenvalue weighted by Gasteiger charge is 2.30. The summed E-state index contributed by atoms with van der Waals surface area (Å²) in [6.45, 7) is 2.08. The first-order chi connectivity index (χ1) is 11.1. The second-order valence-corrected chi connectivity index (χ2v) is 6.20. The molecular weight excluding hydrogens is 297 g/mol. The van der Waals surface area contributed by atoms with Crippen molar-refractivity contribution in [2.45, 2.75) is 25.7 Å². The van der Waals surface area contributed by atoms with E-state index in [1.54, 1.807) is 17.0 Å². The van der Waals surface area contributed by atoms with E-state index in [2.05, 4.69) is 5.32 Å². The number of para-hydroxylation sites is 1. The maximum Gasteiger partial charge on any atom is 0.322 e. The molecular formula is C17H22FN3O2. The Labute approximate surface area is 135 Å². The van der Waals surface area contributed by atoms with Crippen LogP contribution < -0.4 is 5.32 Å². The summed E-state index contributed by atoms with van der Waals surface area (Å²) in [6, 6.07) is 5.79. The van der Waals surface area contributed by atoms with Gasteiger partial charge >= 0.3 is 6.03 Å². The van der Waals surface area contributed by atoms with Crippen molar-refractivity contribution in [1.29, 1.82) is 0 Å². The fourth-order valence-corrected chi connectivity index (χ4v) is 3.32. The molecule has 0 unspecified atom stereocenters. The van der Waals surface area contributed by atoms with Crippen LogP contribution in [-0.2, 0) is 4.79 Å². The van der Waals surface area contributed by atoms with Crippen molar-refractivity contribution in [3.05, 3.63) is 30.1 Å². The molecule has 3 amide bonds. The molecule has 1 aromatic rings. The van der Waals surface area contributed by atoms with Gasteiger partial charge in [-0.05, 0) is 25.0 Å². The minimum Gasteiger partial charge on any atom is -0.339 e. The van der Waals surface area contributed by atoms with Crippen LogP contribution in [0.5, 0.6) is 0 Å². The second kappa shape index (κ2) is 6.98. The number of benzene rings is 1. The Morgan fingerprint density at radius 1 is 1.00 bits per heavy atom. The third-order valence-corrected chi connectivity index (χ3v) is 4.70. The van der Waals surface area contributed by atoms with E-state index < -0.39 is 5.82 Å². The quantitative estimate of drug-likeness (QED) is 0.911. The van der Waals surface area contributed by atoms with Crippen LogP contribution >= 0.6 is 0 Å². The number of piperazine rings is 1. The van der Waals surface area contributed by atoms with Crippen molar-refractivity contribution < 1.29 is 14.0 Å². The minimum atomic E-state index is -0.448. The van der Waals surface area contributed by atoms with Crippen molar-refractivity contribution in [3.63, 3.8) is 0 Å². The van der Waals surface area contributed by atoms with E-state index in [-0.39, 0.29) is 23.5 Å². The lowest BCUT2D eigenvalue weighted by Gasteiger charge is -2.36. The average Bonchev–Trinajstić information content (AvgIpc) is 3.11. The number of carbonyl (C=O) groups excluding carboxylic acids is 2. The van der Waals surface area contributed by atoms with E-state index in [1.165, 1.54) is 12.1 Å². The molecule has 0 bridgehead atoms. The number of halogens is 1. The lowest BCUT2D eigenvalue weighted by molar-refractivity contribution is -0.136. The summed E-state index contributed by atoms with van der Waals surface area (Å²) in [5.41, 5.74) is 0.182. The molecule has 2 aliphatic rings. The van der Waals surface area contributed by atoms with Gasteiger partial charge in [-0.15, -0.1) is 0 Å². The molecule has 1 saturated carbocycles. The van der Waals surface area contributed by atoms with Crippen LogP contribution in [0.4, 0.5) is 14.9 Å². The summed E-state index contributed by atoms with van der Waals surface area (Å²) >= 11 is 0. The molecule has 2 fully saturated rings. The fraction of sp³-hybridized carbons (Fsp3) is 0.529. The SMILES string of the molecule is O=C(Nc1ccccc1F)N1CCN(C(=O)C2CCCC2)CC1. The smallest absolute Gasteiger partial charge is 0.322 e. The fourth-order valence-electron chi connectivity index (χ4n) is 3.32. The summed E-state index contributed by atoms with van der Waals surface area (Å²) in [6.07, 6.45) is 4.27. The number of hydrogen-bond acceptors (Lipinski definition) is 2. The van der Waals surface area contributed by atoms with Gasteiger partial charge in [0.1, 0.15) is 5.82 Å². The first-order valence-corrected chi connectivity index (χ1v) is 8.24. The third kappa shape index (κ3) is 3.63. The number of nitrogens with one attached hydrogen (secondary N) is 1. The number of nitrogens with zero attached hydrogens (tertiary/aromatic N) is 2. The lowest BCUT2D eigenvalue weighted by Crippen LogP contribution is -2.52. The van der Waals surface area contributed by atoms with Crippen LogP contribution in [0.1, 0.15) is 25.7 Å². The molecule has 0 atom stereocenters. The van der Waals surface area contributed by atoms with Crippen LogP contribution in [0, 0.1) is 11.7 Å². The molecule has 1 aliphatic carbocycles. The third-order valence-electron chi connectivity index (χ3n) is 4.70. The summed E-state index contributed by atoms with van der Waals surface area (Å²) in [5, 5.41) is 2.59. The Hall–Kier alpha value is -2.11. The predicted octanol–water partition coefficient (Wildman–Crippen LogP) is 2.69. The summed E-state index contributed by atoms with van der Waals surface area (Å²) in [4.78, 5) is 28.1. The molecule has 1 N–H and O–H groups in total. The van der Waals surface area contributed by atoms with Gasteiger partial charge in [-0.3, -0.25) is 4.79 Å². The van der Waals surface area contributed by atoms with Gasteiger partial charge in [0.25, 0.3) is 0 Å². The normalized spacial score (nSPS) is 19.0. The zero-order valence-electron chi connectivity index (χ0n) is 13.1. The Morgan fingerprint density at radius 3 is 2.26 bits per heavy atom. The maximum absolute atomic E-state index is 13.6. The van der Waals surface area contributed by atoms with E-state index in [0.717, 1.165) is 25.7 Å². The standard InChI is InChI=1S/C17H22FN3O2/c18-14-7-3-4-8-15(14)19-17(23)21-11-9-20(10-12-21)16(22)13-5-1-2-6-13/h3-4,7-8,13H,1-2,5-6,9-12H2,(H,19,23). The number of urea groups is 1. The molecule has 0 spiro atoms. The average molecular weight is 319 g/mol. The van der Waals surface area contributed by atoms with Crippen molar-refractivity contribution in [2.24, 2.45) is 5.92 Å². The predicted molar refractivity (Wildman–Crippen MR) is 85.5 cm³/mol. The molecule has 6 heteroatoms. The van der Waals surface area contributed by atoms with Gasteiger partial charge in [0, 0.05) is 32.1 Å². The lowest BCUT2D eigenvalue weighted by atomic mass is 10.1. The molecule has 1 saturated heterocycles. The summed E-state index contributed by atoms with van der Waals surface area (Å²) in [5.74, 6) is -0.0404.